The summed E-state index contributed by atoms with van der Waals surface area (Å²) in [6.45, 7) is 4.12. The molecule has 0 amide bonds. The van der Waals surface area contributed by atoms with Crippen molar-refractivity contribution in [3.8, 4) is 5.75 Å². The number of hydrogen-bond donors (Lipinski definition) is 1. The summed E-state index contributed by atoms with van der Waals surface area (Å²) in [7, 11) is 1.32. The van der Waals surface area contributed by atoms with Crippen molar-refractivity contribution in [2.75, 3.05) is 20.3 Å². The summed E-state index contributed by atoms with van der Waals surface area (Å²) < 4.78 is 15.2. The van der Waals surface area contributed by atoms with Crippen LogP contribution in [0.3, 0.4) is 0 Å². The number of carbonyl (C=O) groups excluding carboxylic acids is 1. The van der Waals surface area contributed by atoms with Crippen LogP contribution in [0, 0.1) is 0 Å². The summed E-state index contributed by atoms with van der Waals surface area (Å²) in [4.78, 5) is 10.9. The van der Waals surface area contributed by atoms with Gasteiger partial charge in [0.15, 0.2) is 0 Å². The van der Waals surface area contributed by atoms with Gasteiger partial charge in [0.05, 0.1) is 25.9 Å². The molecule has 5 heteroatoms. The quantitative estimate of drug-likeness (QED) is 0.761. The average molecular weight is 267 g/mol. The summed E-state index contributed by atoms with van der Waals surface area (Å²) in [5.74, 6) is 0.398. The zero-order chi connectivity index (χ0) is 14.3. The predicted molar refractivity (Wildman–Crippen MR) is 72.0 cm³/mol. The van der Waals surface area contributed by atoms with E-state index >= 15 is 0 Å². The van der Waals surface area contributed by atoms with E-state index < -0.39 is 5.97 Å². The van der Waals surface area contributed by atoms with E-state index in [2.05, 4.69) is 4.74 Å². The molecule has 0 spiro atoms. The Morgan fingerprint density at radius 3 is 2.42 bits per heavy atom. The molecule has 2 N–H and O–H groups in total. The van der Waals surface area contributed by atoms with Gasteiger partial charge in [0, 0.05) is 0 Å². The van der Waals surface area contributed by atoms with Crippen LogP contribution >= 0.6 is 0 Å². The van der Waals surface area contributed by atoms with Crippen molar-refractivity contribution in [3.63, 3.8) is 0 Å². The molecular weight excluding hydrogens is 246 g/mol. The smallest absolute Gasteiger partial charge is 0.331 e. The van der Waals surface area contributed by atoms with Gasteiger partial charge < -0.3 is 19.9 Å². The number of rotatable bonds is 7. The first-order chi connectivity index (χ1) is 9.02. The second kappa shape index (κ2) is 7.76. The van der Waals surface area contributed by atoms with Crippen molar-refractivity contribution >= 4 is 5.97 Å². The third-order valence-electron chi connectivity index (χ3n) is 2.43. The van der Waals surface area contributed by atoms with Gasteiger partial charge in [-0.05, 0) is 31.5 Å². The van der Waals surface area contributed by atoms with Crippen molar-refractivity contribution in [2.45, 2.75) is 26.0 Å². The minimum atomic E-state index is -0.409. The molecule has 0 saturated carbocycles. The molecule has 0 fully saturated rings. The third kappa shape index (κ3) is 5.72. The second-order valence-electron chi connectivity index (χ2n) is 4.43. The summed E-state index contributed by atoms with van der Waals surface area (Å²) in [5, 5.41) is 0. The lowest BCUT2D eigenvalue weighted by molar-refractivity contribution is -0.146. The van der Waals surface area contributed by atoms with Crippen molar-refractivity contribution in [1.82, 2.24) is 0 Å². The lowest BCUT2D eigenvalue weighted by Gasteiger charge is -2.14. The highest BCUT2D eigenvalue weighted by molar-refractivity contribution is 5.70. The van der Waals surface area contributed by atoms with Gasteiger partial charge in [-0.15, -0.1) is 0 Å². The largest absolute Gasteiger partial charge is 0.491 e. The molecule has 106 valence electrons. The van der Waals surface area contributed by atoms with Gasteiger partial charge >= 0.3 is 5.97 Å². The highest BCUT2D eigenvalue weighted by Crippen LogP contribution is 2.17. The molecule has 1 rings (SSSR count). The molecule has 5 nitrogen and oxygen atoms in total. The van der Waals surface area contributed by atoms with Crippen LogP contribution < -0.4 is 10.5 Å². The number of ether oxygens (including phenoxy) is 3. The second-order valence-corrected chi connectivity index (χ2v) is 4.43. The summed E-state index contributed by atoms with van der Waals surface area (Å²) in [5.41, 5.74) is 6.89. The van der Waals surface area contributed by atoms with E-state index in [9.17, 15) is 4.79 Å². The number of nitrogens with two attached hydrogens (primary N) is 1. The van der Waals surface area contributed by atoms with Crippen molar-refractivity contribution < 1.29 is 19.0 Å². The van der Waals surface area contributed by atoms with E-state index in [0.29, 0.717) is 0 Å². The van der Waals surface area contributed by atoms with Gasteiger partial charge in [-0.2, -0.15) is 0 Å². The molecule has 0 radical (unpaired) electrons. The molecular formula is C14H21NO4. The average Bonchev–Trinajstić information content (AvgIpc) is 2.38. The summed E-state index contributed by atoms with van der Waals surface area (Å²) in [6.07, 6.45) is 0.142. The van der Waals surface area contributed by atoms with E-state index in [-0.39, 0.29) is 25.4 Å². The number of esters is 1. The van der Waals surface area contributed by atoms with Crippen LogP contribution in [-0.2, 0) is 14.3 Å². The van der Waals surface area contributed by atoms with Gasteiger partial charge in [0.2, 0.25) is 0 Å². The van der Waals surface area contributed by atoms with Crippen LogP contribution in [0.2, 0.25) is 0 Å². The normalized spacial score (nSPS) is 12.3. The highest BCUT2D eigenvalue weighted by Gasteiger charge is 2.08. The van der Waals surface area contributed by atoms with Crippen LogP contribution in [0.1, 0.15) is 25.5 Å². The first kappa shape index (κ1) is 15.5. The maximum absolute atomic E-state index is 10.9. The fourth-order valence-electron chi connectivity index (χ4n) is 1.49. The Balaban J connectivity index is 2.44. The monoisotopic (exact) mass is 267 g/mol. The molecule has 1 atom stereocenters. The molecule has 0 aliphatic heterocycles. The Morgan fingerprint density at radius 1 is 1.26 bits per heavy atom. The maximum atomic E-state index is 10.9. The zero-order valence-corrected chi connectivity index (χ0v) is 11.6. The first-order valence-electron chi connectivity index (χ1n) is 6.19. The fraction of sp³-hybridized carbons (Fsp3) is 0.500. The van der Waals surface area contributed by atoms with Crippen LogP contribution in [-0.4, -0.2) is 32.4 Å². The van der Waals surface area contributed by atoms with Crippen molar-refractivity contribution in [3.05, 3.63) is 29.8 Å². The molecule has 1 unspecified atom stereocenters. The Bertz CT molecular complexity index is 389. The first-order valence-corrected chi connectivity index (χ1v) is 6.19. The highest BCUT2D eigenvalue weighted by atomic mass is 16.6. The van der Waals surface area contributed by atoms with Crippen LogP contribution in [0.15, 0.2) is 24.3 Å². The van der Waals surface area contributed by atoms with Crippen LogP contribution in [0.4, 0.5) is 0 Å². The molecule has 19 heavy (non-hydrogen) atoms. The van der Waals surface area contributed by atoms with Crippen LogP contribution in [0.5, 0.6) is 5.75 Å². The topological polar surface area (TPSA) is 70.8 Å². The Hall–Kier alpha value is -1.59. The number of methoxy groups -OCH3 is 1. The van der Waals surface area contributed by atoms with Crippen molar-refractivity contribution in [2.24, 2.45) is 5.73 Å². The zero-order valence-electron chi connectivity index (χ0n) is 11.6. The van der Waals surface area contributed by atoms with Crippen LogP contribution in [0.25, 0.3) is 0 Å². The van der Waals surface area contributed by atoms with E-state index in [1.165, 1.54) is 7.11 Å². The van der Waals surface area contributed by atoms with E-state index in [1.54, 1.807) is 0 Å². The fourth-order valence-corrected chi connectivity index (χ4v) is 1.49. The van der Waals surface area contributed by atoms with Crippen molar-refractivity contribution in [1.29, 1.82) is 0 Å². The number of benzene rings is 1. The van der Waals surface area contributed by atoms with Gasteiger partial charge in [0.1, 0.15) is 12.4 Å². The molecule has 0 bridgehead atoms. The van der Waals surface area contributed by atoms with Gasteiger partial charge in [-0.3, -0.25) is 0 Å². The molecule has 0 saturated heterocycles. The molecule has 1 aromatic rings. The Labute approximate surface area is 113 Å². The standard InChI is InChI=1S/C14H21NO4/c1-10(2)19-12-6-4-11(5-7-12)13(15)8-18-9-14(16)17-3/h4-7,10,13H,8-9,15H2,1-3H3. The Morgan fingerprint density at radius 2 is 1.89 bits per heavy atom. The van der Waals surface area contributed by atoms with E-state index in [0.717, 1.165) is 11.3 Å². The maximum Gasteiger partial charge on any atom is 0.331 e. The minimum absolute atomic E-state index is 0.0846. The number of carbonyl (C=O) groups is 1. The van der Waals surface area contributed by atoms with E-state index in [4.69, 9.17) is 15.2 Å². The third-order valence-corrected chi connectivity index (χ3v) is 2.43. The molecule has 0 heterocycles. The summed E-state index contributed by atoms with van der Waals surface area (Å²) in [6, 6.07) is 7.25. The van der Waals surface area contributed by atoms with Gasteiger partial charge in [-0.1, -0.05) is 12.1 Å². The lowest BCUT2D eigenvalue weighted by Crippen LogP contribution is -2.20. The van der Waals surface area contributed by atoms with Gasteiger partial charge in [-0.25, -0.2) is 4.79 Å². The summed E-state index contributed by atoms with van der Waals surface area (Å²) >= 11 is 0. The molecule has 0 aromatic heterocycles. The minimum Gasteiger partial charge on any atom is -0.491 e. The Kier molecular flexibility index (Phi) is 6.32. The lowest BCUT2D eigenvalue weighted by atomic mass is 10.1. The van der Waals surface area contributed by atoms with E-state index in [1.807, 2.05) is 38.1 Å². The predicted octanol–water partition coefficient (Wildman–Crippen LogP) is 1.66. The SMILES string of the molecule is COC(=O)COCC(N)c1ccc(OC(C)C)cc1. The molecule has 0 aliphatic rings. The molecule has 0 aliphatic carbocycles. The number of hydrogen-bond acceptors (Lipinski definition) is 5. The van der Waals surface area contributed by atoms with Gasteiger partial charge in [0.25, 0.3) is 0 Å². The molecule has 1 aromatic carbocycles.